The topological polar surface area (TPSA) is 16.4 Å². The number of hydrogen-bond donors (Lipinski definition) is 0. The number of nitrogens with zero attached hydrogens (tertiary/aromatic N) is 1. The molecule has 3 atom stereocenters. The van der Waals surface area contributed by atoms with Crippen LogP contribution in [0.1, 0.15) is 49.7 Å². The van der Waals surface area contributed by atoms with Gasteiger partial charge in [-0.3, -0.25) is 0 Å². The molecule has 4 aliphatic rings. The largest absolute Gasteiger partial charge is 0.456 e. The third-order valence-electron chi connectivity index (χ3n) is 15.0. The number of rotatable bonds is 7. The molecule has 0 aliphatic heterocycles. The van der Waals surface area contributed by atoms with E-state index in [1.165, 1.54) is 103 Å². The van der Waals surface area contributed by atoms with Crippen LogP contribution < -0.4 is 15.5 Å². The van der Waals surface area contributed by atoms with Crippen LogP contribution in [0.25, 0.3) is 78.8 Å². The molecule has 1 spiro atoms. The Morgan fingerprint density at radius 3 is 1.89 bits per heavy atom. The van der Waals surface area contributed by atoms with Crippen LogP contribution in [0.4, 0.5) is 17.1 Å². The lowest BCUT2D eigenvalue weighted by Gasteiger charge is -2.37. The summed E-state index contributed by atoms with van der Waals surface area (Å²) in [7, 11) is 0. The van der Waals surface area contributed by atoms with Crippen molar-refractivity contribution in [2.45, 2.75) is 43.9 Å². The molecule has 2 bridgehead atoms. The summed E-state index contributed by atoms with van der Waals surface area (Å²) >= 11 is 0. The molecule has 1 heterocycles. The molecule has 0 N–H and O–H groups in total. The Labute approximate surface area is 369 Å². The van der Waals surface area contributed by atoms with Crippen molar-refractivity contribution in [3.63, 3.8) is 0 Å². The molecule has 0 saturated heterocycles. The van der Waals surface area contributed by atoms with Gasteiger partial charge in [-0.05, 0) is 142 Å². The van der Waals surface area contributed by atoms with E-state index in [4.69, 9.17) is 4.42 Å². The van der Waals surface area contributed by atoms with E-state index in [2.05, 4.69) is 205 Å². The summed E-state index contributed by atoms with van der Waals surface area (Å²) in [6.45, 7) is 0. The second-order valence-corrected chi connectivity index (χ2v) is 18.2. The average Bonchev–Trinajstić information content (AvgIpc) is 4.14. The van der Waals surface area contributed by atoms with E-state index in [1.54, 1.807) is 0 Å². The monoisotopic (exact) mass is 809 g/mol. The highest BCUT2D eigenvalue weighted by Crippen LogP contribution is 2.67. The minimum atomic E-state index is 0.0763. The minimum absolute atomic E-state index is 0.0763. The van der Waals surface area contributed by atoms with Gasteiger partial charge in [0.25, 0.3) is 0 Å². The molecule has 9 aromatic rings. The third kappa shape index (κ3) is 5.64. The summed E-state index contributed by atoms with van der Waals surface area (Å²) in [6.07, 6.45) is 11.9. The van der Waals surface area contributed by atoms with Crippen molar-refractivity contribution >= 4 is 40.2 Å². The zero-order valence-corrected chi connectivity index (χ0v) is 35.3. The maximum absolute atomic E-state index is 6.39. The van der Waals surface area contributed by atoms with Crippen LogP contribution in [-0.4, -0.2) is 0 Å². The maximum Gasteiger partial charge on any atom is 0.136 e. The summed E-state index contributed by atoms with van der Waals surface area (Å²) in [5.74, 6) is 1.49. The molecule has 8 aromatic carbocycles. The molecular formula is C61H47NO. The molecule has 3 unspecified atom stereocenters. The molecule has 0 amide bonds. The molecular weight excluding hydrogens is 763 g/mol. The fourth-order valence-corrected chi connectivity index (χ4v) is 12.4. The minimum Gasteiger partial charge on any atom is -0.456 e. The number of hydrogen-bond acceptors (Lipinski definition) is 2. The Balaban J connectivity index is 1.01. The van der Waals surface area contributed by atoms with Crippen LogP contribution >= 0.6 is 0 Å². The van der Waals surface area contributed by atoms with Crippen LogP contribution in [0.15, 0.2) is 192 Å². The van der Waals surface area contributed by atoms with E-state index in [9.17, 15) is 0 Å². The third-order valence-corrected chi connectivity index (χ3v) is 15.0. The average molecular weight is 810 g/mol. The Morgan fingerprint density at radius 2 is 1.11 bits per heavy atom. The number of anilines is 3. The predicted molar refractivity (Wildman–Crippen MR) is 262 cm³/mol. The summed E-state index contributed by atoms with van der Waals surface area (Å²) in [5, 5.41) is 2.43. The molecule has 2 nitrogen and oxygen atoms in total. The quantitative estimate of drug-likeness (QED) is 0.159. The lowest BCUT2D eigenvalue weighted by atomic mass is 9.67. The van der Waals surface area contributed by atoms with Crippen molar-refractivity contribution in [2.75, 3.05) is 4.90 Å². The molecule has 63 heavy (non-hydrogen) atoms. The molecule has 4 aliphatic carbocycles. The van der Waals surface area contributed by atoms with Crippen LogP contribution in [0.2, 0.25) is 0 Å². The lowest BCUT2D eigenvalue weighted by Crippen LogP contribution is -2.31. The molecule has 13 rings (SSSR count). The molecule has 0 radical (unpaired) electrons. The van der Waals surface area contributed by atoms with Gasteiger partial charge in [0.15, 0.2) is 0 Å². The zero-order valence-electron chi connectivity index (χ0n) is 35.3. The second-order valence-electron chi connectivity index (χ2n) is 18.2. The van der Waals surface area contributed by atoms with Gasteiger partial charge in [0, 0.05) is 32.8 Å². The molecule has 2 fully saturated rings. The van der Waals surface area contributed by atoms with Crippen LogP contribution in [0.3, 0.4) is 0 Å². The van der Waals surface area contributed by atoms with E-state index >= 15 is 0 Å². The van der Waals surface area contributed by atoms with Crippen molar-refractivity contribution in [2.24, 2.45) is 11.8 Å². The van der Waals surface area contributed by atoms with Crippen LogP contribution in [-0.2, 0) is 5.41 Å². The zero-order chi connectivity index (χ0) is 41.5. The summed E-state index contributed by atoms with van der Waals surface area (Å²) in [4.78, 5) is 2.57. The predicted octanol–water partition coefficient (Wildman–Crippen LogP) is 15.0. The number of benzene rings is 8. The van der Waals surface area contributed by atoms with Crippen molar-refractivity contribution in [3.05, 3.63) is 210 Å². The van der Waals surface area contributed by atoms with E-state index in [-0.39, 0.29) is 5.41 Å². The Morgan fingerprint density at radius 1 is 0.476 bits per heavy atom. The van der Waals surface area contributed by atoms with Crippen LogP contribution in [0.5, 0.6) is 0 Å². The Hall–Kier alpha value is -7.16. The van der Waals surface area contributed by atoms with Gasteiger partial charge in [-0.15, -0.1) is 0 Å². The van der Waals surface area contributed by atoms with Crippen molar-refractivity contribution in [1.82, 2.24) is 0 Å². The smallest absolute Gasteiger partial charge is 0.136 e. The Bertz CT molecular complexity index is 3370. The summed E-state index contributed by atoms with van der Waals surface area (Å²) in [6, 6.07) is 70.2. The van der Waals surface area contributed by atoms with Gasteiger partial charge in [0.1, 0.15) is 11.0 Å². The van der Waals surface area contributed by atoms with Crippen molar-refractivity contribution in [1.29, 1.82) is 0 Å². The van der Waals surface area contributed by atoms with E-state index < -0.39 is 0 Å². The molecule has 302 valence electrons. The standard InChI is InChI=1S/C61H47NO/c1-2-15-42(16-3-1)46-17-4-5-18-47(46)48-19-6-7-20-49(48)50-21-9-12-26-56(50)62(45-34-30-41(31-35-45)43-32-36-52-51-22-10-13-28-58(51)63-59(52)38-43)57-27-14-25-55-60(57)53-23-8-11-24-54(53)61(55)39-40-29-33-44(61)37-40/h1-9,11-12,14-28,30-32,34-36,38,40,44H,10,13,29,33,37,39H2. The first kappa shape index (κ1) is 36.5. The highest BCUT2D eigenvalue weighted by atomic mass is 16.3. The van der Waals surface area contributed by atoms with Gasteiger partial charge in [0.05, 0.1) is 11.4 Å². The fraction of sp³-hybridized carbons (Fsp3) is 0.148. The molecule has 1 aromatic heterocycles. The van der Waals surface area contributed by atoms with E-state index in [0.717, 1.165) is 46.7 Å². The maximum atomic E-state index is 6.39. The molecule has 2 saturated carbocycles. The fourth-order valence-electron chi connectivity index (χ4n) is 12.4. The van der Waals surface area contributed by atoms with Gasteiger partial charge in [0.2, 0.25) is 0 Å². The van der Waals surface area contributed by atoms with E-state index in [1.807, 2.05) is 0 Å². The van der Waals surface area contributed by atoms with Crippen molar-refractivity contribution < 1.29 is 4.42 Å². The number of fused-ring (bicyclic) bond motifs is 11. The van der Waals surface area contributed by atoms with Gasteiger partial charge < -0.3 is 9.32 Å². The Kier molecular flexibility index (Phi) is 8.38. The van der Waals surface area contributed by atoms with Gasteiger partial charge in [-0.25, -0.2) is 0 Å². The number of para-hydroxylation sites is 1. The second kappa shape index (κ2) is 14.5. The first-order valence-corrected chi connectivity index (χ1v) is 22.9. The summed E-state index contributed by atoms with van der Waals surface area (Å²) in [5.41, 5.74) is 21.0. The van der Waals surface area contributed by atoms with Crippen molar-refractivity contribution in [3.8, 4) is 55.6 Å². The summed E-state index contributed by atoms with van der Waals surface area (Å²) < 4.78 is 6.39. The molecule has 2 heteroatoms. The van der Waals surface area contributed by atoms with Gasteiger partial charge >= 0.3 is 0 Å². The van der Waals surface area contributed by atoms with Crippen LogP contribution in [0, 0.1) is 11.8 Å². The SMILES string of the molecule is C1=c2oc3cc(-c4ccc(N(c5ccccc5-c5ccccc5-c5ccccc5-c5ccccc5)c5cccc6c5-c5ccccc5C65CC6CCC5C6)cc4)ccc3c2=CCC1. The van der Waals surface area contributed by atoms with E-state index in [0.29, 0.717) is 5.92 Å². The number of furan rings is 1. The normalized spacial score (nSPS) is 19.0. The highest BCUT2D eigenvalue weighted by Gasteiger charge is 2.57. The first-order valence-electron chi connectivity index (χ1n) is 22.9. The van der Waals surface area contributed by atoms with Gasteiger partial charge in [-0.1, -0.05) is 164 Å². The first-order chi connectivity index (χ1) is 31.2. The lowest BCUT2D eigenvalue weighted by molar-refractivity contribution is 0.327. The highest BCUT2D eigenvalue weighted by molar-refractivity contribution is 6.01. The van der Waals surface area contributed by atoms with Gasteiger partial charge in [-0.2, -0.15) is 0 Å².